The van der Waals surface area contributed by atoms with E-state index in [1.165, 1.54) is 12.4 Å². The van der Waals surface area contributed by atoms with Crippen molar-refractivity contribution in [1.82, 2.24) is 19.9 Å². The smallest absolute Gasteiger partial charge is 0.280 e. The molecule has 0 aliphatic rings. The van der Waals surface area contributed by atoms with Crippen molar-refractivity contribution in [3.05, 3.63) is 22.7 Å². The summed E-state index contributed by atoms with van der Waals surface area (Å²) in [4.78, 5) is 25.9. The van der Waals surface area contributed by atoms with Crippen molar-refractivity contribution in [2.45, 2.75) is 6.92 Å². The monoisotopic (exact) mass is 191 g/mol. The van der Waals surface area contributed by atoms with E-state index in [1.807, 2.05) is 6.92 Å². The van der Waals surface area contributed by atoms with Gasteiger partial charge < -0.3 is 5.32 Å². The number of aromatic amines is 1. The van der Waals surface area contributed by atoms with E-state index < -0.39 is 0 Å². The molecule has 2 heterocycles. The molecule has 72 valence electrons. The molecular weight excluding hydrogens is 182 g/mol. The fraction of sp³-hybridized carbons (Fsp3) is 0.250. The van der Waals surface area contributed by atoms with Gasteiger partial charge in [-0.2, -0.15) is 4.98 Å². The van der Waals surface area contributed by atoms with Crippen molar-refractivity contribution < 1.29 is 0 Å². The Morgan fingerprint density at radius 2 is 2.21 bits per heavy atom. The maximum absolute atomic E-state index is 11.4. The number of H-pyrrole nitrogens is 1. The third-order valence-corrected chi connectivity index (χ3v) is 1.69. The molecular formula is C8H9N5O. The number of hydrogen-bond acceptors (Lipinski definition) is 5. The summed E-state index contributed by atoms with van der Waals surface area (Å²) < 4.78 is 0. The maximum Gasteiger partial charge on any atom is 0.280 e. The maximum atomic E-state index is 11.4. The fourth-order valence-electron chi connectivity index (χ4n) is 1.12. The minimum Gasteiger partial charge on any atom is -0.356 e. The zero-order valence-electron chi connectivity index (χ0n) is 7.61. The zero-order chi connectivity index (χ0) is 9.97. The molecule has 0 radical (unpaired) electrons. The highest BCUT2D eigenvalue weighted by Gasteiger charge is 2.03. The highest BCUT2D eigenvalue weighted by atomic mass is 16.1. The molecule has 2 aromatic rings. The van der Waals surface area contributed by atoms with E-state index in [0.29, 0.717) is 18.1 Å². The first kappa shape index (κ1) is 8.61. The van der Waals surface area contributed by atoms with Crippen molar-refractivity contribution >= 4 is 17.1 Å². The second kappa shape index (κ2) is 3.41. The summed E-state index contributed by atoms with van der Waals surface area (Å²) in [7, 11) is 0. The lowest BCUT2D eigenvalue weighted by atomic mass is 10.5. The summed E-state index contributed by atoms with van der Waals surface area (Å²) >= 11 is 0. The van der Waals surface area contributed by atoms with Gasteiger partial charge in [0.05, 0.1) is 0 Å². The number of nitrogens with one attached hydrogen (secondary N) is 2. The van der Waals surface area contributed by atoms with E-state index in [-0.39, 0.29) is 11.1 Å². The molecule has 2 rings (SSSR count). The molecule has 6 nitrogen and oxygen atoms in total. The van der Waals surface area contributed by atoms with Crippen LogP contribution in [0.2, 0.25) is 0 Å². The van der Waals surface area contributed by atoms with Crippen LogP contribution in [0.3, 0.4) is 0 Å². The van der Waals surface area contributed by atoms with Gasteiger partial charge in [-0.05, 0) is 6.92 Å². The molecule has 0 spiro atoms. The van der Waals surface area contributed by atoms with Gasteiger partial charge in [0, 0.05) is 18.9 Å². The van der Waals surface area contributed by atoms with Gasteiger partial charge in [-0.25, -0.2) is 9.97 Å². The van der Waals surface area contributed by atoms with Crippen LogP contribution in [0.5, 0.6) is 0 Å². The standard InChI is InChI=1S/C8H9N5O/c1-2-9-8-12-6-5(7(14)13-8)10-3-4-11-6/h3-4H,2H2,1H3,(H2,9,11,12,13,14). The van der Waals surface area contributed by atoms with Crippen molar-refractivity contribution in [3.63, 3.8) is 0 Å². The van der Waals surface area contributed by atoms with Crippen LogP contribution in [-0.2, 0) is 0 Å². The first-order chi connectivity index (χ1) is 6.81. The highest BCUT2D eigenvalue weighted by Crippen LogP contribution is 2.01. The molecule has 0 atom stereocenters. The Hall–Kier alpha value is -1.98. The molecule has 0 fully saturated rings. The van der Waals surface area contributed by atoms with Crippen molar-refractivity contribution in [2.24, 2.45) is 0 Å². The van der Waals surface area contributed by atoms with Crippen LogP contribution in [0, 0.1) is 0 Å². The second-order valence-electron chi connectivity index (χ2n) is 2.67. The number of fused-ring (bicyclic) bond motifs is 1. The number of aromatic nitrogens is 4. The van der Waals surface area contributed by atoms with Gasteiger partial charge in [0.25, 0.3) is 5.56 Å². The molecule has 0 aliphatic carbocycles. The minimum absolute atomic E-state index is 0.258. The Morgan fingerprint density at radius 3 is 3.00 bits per heavy atom. The van der Waals surface area contributed by atoms with Gasteiger partial charge >= 0.3 is 0 Å². The van der Waals surface area contributed by atoms with E-state index in [4.69, 9.17) is 0 Å². The first-order valence-electron chi connectivity index (χ1n) is 4.26. The van der Waals surface area contributed by atoms with Crippen LogP contribution < -0.4 is 10.9 Å². The zero-order valence-corrected chi connectivity index (χ0v) is 7.61. The van der Waals surface area contributed by atoms with Crippen LogP contribution in [0.15, 0.2) is 17.2 Å². The van der Waals surface area contributed by atoms with Gasteiger partial charge in [0.15, 0.2) is 11.2 Å². The molecule has 0 aromatic carbocycles. The number of hydrogen-bond donors (Lipinski definition) is 2. The highest BCUT2D eigenvalue weighted by molar-refractivity contribution is 5.68. The summed E-state index contributed by atoms with van der Waals surface area (Å²) in [6.07, 6.45) is 2.97. The average molecular weight is 191 g/mol. The van der Waals surface area contributed by atoms with Crippen molar-refractivity contribution in [3.8, 4) is 0 Å². The molecule has 2 N–H and O–H groups in total. The first-order valence-corrected chi connectivity index (χ1v) is 4.26. The summed E-state index contributed by atoms with van der Waals surface area (Å²) in [6.45, 7) is 2.61. The molecule has 14 heavy (non-hydrogen) atoms. The average Bonchev–Trinajstić information content (AvgIpc) is 2.18. The van der Waals surface area contributed by atoms with E-state index in [0.717, 1.165) is 0 Å². The molecule has 6 heteroatoms. The van der Waals surface area contributed by atoms with Crippen LogP contribution >= 0.6 is 0 Å². The van der Waals surface area contributed by atoms with Crippen LogP contribution in [0.4, 0.5) is 5.95 Å². The minimum atomic E-state index is -0.279. The normalized spacial score (nSPS) is 10.4. The van der Waals surface area contributed by atoms with Crippen LogP contribution in [0.25, 0.3) is 11.2 Å². The number of rotatable bonds is 2. The molecule has 0 saturated heterocycles. The Labute approximate surface area is 79.4 Å². The van der Waals surface area contributed by atoms with Crippen LogP contribution in [-0.4, -0.2) is 26.5 Å². The second-order valence-corrected chi connectivity index (χ2v) is 2.67. The van der Waals surface area contributed by atoms with Gasteiger partial charge in [-0.3, -0.25) is 9.78 Å². The van der Waals surface area contributed by atoms with Crippen LogP contribution in [0.1, 0.15) is 6.92 Å². The predicted molar refractivity (Wildman–Crippen MR) is 52.1 cm³/mol. The van der Waals surface area contributed by atoms with Crippen molar-refractivity contribution in [1.29, 1.82) is 0 Å². The largest absolute Gasteiger partial charge is 0.356 e. The van der Waals surface area contributed by atoms with E-state index in [9.17, 15) is 4.79 Å². The number of anilines is 1. The Kier molecular flexibility index (Phi) is 2.10. The quantitative estimate of drug-likeness (QED) is 0.705. The molecule has 0 aliphatic heterocycles. The summed E-state index contributed by atoms with van der Waals surface area (Å²) in [5.41, 5.74) is 0.334. The molecule has 0 bridgehead atoms. The van der Waals surface area contributed by atoms with E-state index in [1.54, 1.807) is 0 Å². The third-order valence-electron chi connectivity index (χ3n) is 1.69. The molecule has 0 saturated carbocycles. The van der Waals surface area contributed by atoms with Gasteiger partial charge in [-0.1, -0.05) is 0 Å². The predicted octanol–water partition coefficient (Wildman–Crippen LogP) is 0.145. The molecule has 2 aromatic heterocycles. The third kappa shape index (κ3) is 1.41. The topological polar surface area (TPSA) is 83.6 Å². The summed E-state index contributed by atoms with van der Waals surface area (Å²) in [5, 5.41) is 2.91. The Bertz CT molecular complexity index is 506. The Balaban J connectivity index is 2.66. The van der Waals surface area contributed by atoms with Gasteiger partial charge in [0.2, 0.25) is 5.95 Å². The lowest BCUT2D eigenvalue weighted by Gasteiger charge is -2.01. The van der Waals surface area contributed by atoms with Crippen molar-refractivity contribution in [2.75, 3.05) is 11.9 Å². The fourth-order valence-corrected chi connectivity index (χ4v) is 1.12. The lowest BCUT2D eigenvalue weighted by molar-refractivity contribution is 1.06. The lowest BCUT2D eigenvalue weighted by Crippen LogP contribution is -2.14. The number of nitrogens with zero attached hydrogens (tertiary/aromatic N) is 3. The van der Waals surface area contributed by atoms with E-state index >= 15 is 0 Å². The Morgan fingerprint density at radius 1 is 1.43 bits per heavy atom. The van der Waals surface area contributed by atoms with Gasteiger partial charge in [0.1, 0.15) is 0 Å². The summed E-state index contributed by atoms with van der Waals surface area (Å²) in [5.74, 6) is 0.422. The molecule has 0 amide bonds. The summed E-state index contributed by atoms with van der Waals surface area (Å²) in [6, 6.07) is 0. The molecule has 0 unspecified atom stereocenters. The SMILES string of the molecule is CCNc1nc2nccnc2c(=O)[nH]1. The van der Waals surface area contributed by atoms with Gasteiger partial charge in [-0.15, -0.1) is 0 Å². The van der Waals surface area contributed by atoms with E-state index in [2.05, 4.69) is 25.3 Å².